The first-order chi connectivity index (χ1) is 15.7. The fourth-order valence-electron chi connectivity index (χ4n) is 3.96. The van der Waals surface area contributed by atoms with Crippen LogP contribution in [0.5, 0.6) is 0 Å². The second kappa shape index (κ2) is 10.7. The van der Waals surface area contributed by atoms with Crippen LogP contribution >= 0.6 is 11.3 Å². The Morgan fingerprint density at radius 1 is 1.33 bits per heavy atom. The number of hydrogen-bond acceptors (Lipinski definition) is 6. The van der Waals surface area contributed by atoms with Gasteiger partial charge in [0.1, 0.15) is 5.83 Å². The van der Waals surface area contributed by atoms with Crippen molar-refractivity contribution in [2.45, 2.75) is 44.7 Å². The highest BCUT2D eigenvalue weighted by Crippen LogP contribution is 2.39. The van der Waals surface area contributed by atoms with Crippen LogP contribution in [0.2, 0.25) is 0 Å². The van der Waals surface area contributed by atoms with E-state index in [1.807, 2.05) is 38.1 Å². The normalized spacial score (nSPS) is 23.8. The van der Waals surface area contributed by atoms with Gasteiger partial charge in [0.2, 0.25) is 5.78 Å². The number of aliphatic hydroxyl groups excluding tert-OH is 2. The molecule has 0 saturated carbocycles. The summed E-state index contributed by atoms with van der Waals surface area (Å²) >= 11 is 1.32. The second-order valence-corrected chi connectivity index (χ2v) is 9.10. The number of hydrogen-bond donors (Lipinski definition) is 2. The number of rotatable bonds is 8. The van der Waals surface area contributed by atoms with Crippen molar-refractivity contribution < 1.29 is 28.9 Å². The van der Waals surface area contributed by atoms with E-state index in [2.05, 4.69) is 6.58 Å². The van der Waals surface area contributed by atoms with Crippen LogP contribution in [0.4, 0.5) is 4.39 Å². The molecule has 176 valence electrons. The first kappa shape index (κ1) is 25.2. The van der Waals surface area contributed by atoms with Gasteiger partial charge in [-0.05, 0) is 49.3 Å². The maximum absolute atomic E-state index is 13.4. The first-order valence-corrected chi connectivity index (χ1v) is 11.5. The van der Waals surface area contributed by atoms with Gasteiger partial charge in [-0.25, -0.2) is 4.39 Å². The number of halogens is 1. The van der Waals surface area contributed by atoms with E-state index in [0.717, 1.165) is 16.0 Å². The van der Waals surface area contributed by atoms with Gasteiger partial charge in [-0.2, -0.15) is 0 Å². The monoisotopic (exact) mass is 472 g/mol. The molecule has 0 amide bonds. The molecule has 1 aromatic carbocycles. The van der Waals surface area contributed by atoms with Gasteiger partial charge in [0, 0.05) is 36.0 Å². The SMILES string of the molecule is C=C(F)/C=C\C(=CC)c1ccc(C(=O)c2cc(C3(OC)CC(O)CC(CO)O3)ccc2C)s1. The molecular formula is C26H29FO5S. The molecule has 3 unspecified atom stereocenters. The Bertz CT molecular complexity index is 1090. The lowest BCUT2D eigenvalue weighted by atomic mass is 9.90. The van der Waals surface area contributed by atoms with Gasteiger partial charge in [-0.3, -0.25) is 4.79 Å². The van der Waals surface area contributed by atoms with Crippen LogP contribution in [-0.2, 0) is 15.3 Å². The van der Waals surface area contributed by atoms with Crippen molar-refractivity contribution in [3.63, 3.8) is 0 Å². The molecule has 7 heteroatoms. The Morgan fingerprint density at radius 2 is 2.06 bits per heavy atom. The van der Waals surface area contributed by atoms with Gasteiger partial charge in [0.25, 0.3) is 0 Å². The molecule has 0 radical (unpaired) electrons. The van der Waals surface area contributed by atoms with Crippen LogP contribution in [0.15, 0.2) is 61.0 Å². The smallest absolute Gasteiger partial charge is 0.203 e. The molecule has 33 heavy (non-hydrogen) atoms. The molecule has 2 N–H and O–H groups in total. The number of benzene rings is 1. The number of thiophene rings is 1. The highest BCUT2D eigenvalue weighted by molar-refractivity contribution is 7.15. The van der Waals surface area contributed by atoms with E-state index >= 15 is 0 Å². The Balaban J connectivity index is 1.95. The maximum atomic E-state index is 13.4. The van der Waals surface area contributed by atoms with Crippen molar-refractivity contribution in [3.8, 4) is 0 Å². The lowest BCUT2D eigenvalue weighted by molar-refractivity contribution is -0.298. The fraction of sp³-hybridized carbons (Fsp3) is 0.346. The minimum Gasteiger partial charge on any atom is -0.394 e. The fourth-order valence-corrected chi connectivity index (χ4v) is 4.98. The summed E-state index contributed by atoms with van der Waals surface area (Å²) in [5.74, 6) is -1.95. The lowest BCUT2D eigenvalue weighted by Gasteiger charge is -2.42. The molecule has 2 heterocycles. The molecule has 5 nitrogen and oxygen atoms in total. The van der Waals surface area contributed by atoms with E-state index in [1.165, 1.54) is 24.5 Å². The van der Waals surface area contributed by atoms with Gasteiger partial charge in [0.15, 0.2) is 5.79 Å². The summed E-state index contributed by atoms with van der Waals surface area (Å²) in [7, 11) is 1.48. The predicted molar refractivity (Wildman–Crippen MR) is 128 cm³/mol. The van der Waals surface area contributed by atoms with Gasteiger partial charge in [-0.15, -0.1) is 11.3 Å². The number of ether oxygens (including phenoxy) is 2. The number of allylic oxidation sites excluding steroid dienone is 5. The molecule has 1 fully saturated rings. The Kier molecular flexibility index (Phi) is 8.15. The standard InChI is InChI=1S/C26H29FO5S/c1-5-18(8-7-17(3)27)23-10-11-24(33-23)25(30)22-12-19(9-6-16(22)2)26(31-4)14-20(29)13-21(15-28)32-26/h5-12,20-21,28-29H,3,13-15H2,1-2,4H3/b8-7-,18-5?. The zero-order valence-electron chi connectivity index (χ0n) is 19.0. The Labute approximate surface area is 197 Å². The van der Waals surface area contributed by atoms with E-state index in [0.29, 0.717) is 22.4 Å². The van der Waals surface area contributed by atoms with Crippen LogP contribution in [0.1, 0.15) is 51.0 Å². The third kappa shape index (κ3) is 5.57. The average molecular weight is 473 g/mol. The third-order valence-corrected chi connectivity index (χ3v) is 6.85. The number of methoxy groups -OCH3 is 1. The molecule has 1 saturated heterocycles. The zero-order chi connectivity index (χ0) is 24.2. The van der Waals surface area contributed by atoms with E-state index in [4.69, 9.17) is 9.47 Å². The third-order valence-electron chi connectivity index (χ3n) is 5.72. The largest absolute Gasteiger partial charge is 0.394 e. The van der Waals surface area contributed by atoms with Crippen LogP contribution < -0.4 is 0 Å². The predicted octanol–water partition coefficient (Wildman–Crippen LogP) is 5.06. The number of aliphatic hydroxyl groups is 2. The zero-order valence-corrected chi connectivity index (χ0v) is 19.8. The summed E-state index contributed by atoms with van der Waals surface area (Å²) in [6, 6.07) is 8.96. The van der Waals surface area contributed by atoms with Crippen molar-refractivity contribution in [1.82, 2.24) is 0 Å². The summed E-state index contributed by atoms with van der Waals surface area (Å²) in [5, 5.41) is 19.9. The quantitative estimate of drug-likeness (QED) is 0.415. The first-order valence-electron chi connectivity index (χ1n) is 10.7. The minimum absolute atomic E-state index is 0.152. The topological polar surface area (TPSA) is 76.0 Å². The van der Waals surface area contributed by atoms with E-state index < -0.39 is 23.8 Å². The minimum atomic E-state index is -1.26. The maximum Gasteiger partial charge on any atom is 0.203 e. The van der Waals surface area contributed by atoms with Crippen LogP contribution in [0.25, 0.3) is 5.57 Å². The van der Waals surface area contributed by atoms with Crippen molar-refractivity contribution in [3.05, 3.63) is 87.4 Å². The van der Waals surface area contributed by atoms with Crippen molar-refractivity contribution >= 4 is 22.7 Å². The highest BCUT2D eigenvalue weighted by atomic mass is 32.1. The van der Waals surface area contributed by atoms with Gasteiger partial charge >= 0.3 is 0 Å². The summed E-state index contributed by atoms with van der Waals surface area (Å²) < 4.78 is 24.7. The van der Waals surface area contributed by atoms with Gasteiger partial charge < -0.3 is 19.7 Å². The molecule has 3 atom stereocenters. The molecule has 2 aromatic rings. The van der Waals surface area contributed by atoms with Crippen LogP contribution in [-0.4, -0.2) is 41.9 Å². The molecule has 1 aromatic heterocycles. The van der Waals surface area contributed by atoms with E-state index in [-0.39, 0.29) is 18.8 Å². The number of aryl methyl sites for hydroxylation is 1. The molecule has 0 aliphatic carbocycles. The second-order valence-electron chi connectivity index (χ2n) is 8.02. The summed E-state index contributed by atoms with van der Waals surface area (Å²) in [6.45, 7) is 6.69. The Hall–Kier alpha value is -2.42. The number of ketones is 1. The van der Waals surface area contributed by atoms with Gasteiger partial charge in [-0.1, -0.05) is 30.9 Å². The van der Waals surface area contributed by atoms with E-state index in [9.17, 15) is 19.4 Å². The molecular weight excluding hydrogens is 443 g/mol. The van der Waals surface area contributed by atoms with Crippen molar-refractivity contribution in [1.29, 1.82) is 0 Å². The Morgan fingerprint density at radius 3 is 2.70 bits per heavy atom. The average Bonchev–Trinajstić information content (AvgIpc) is 3.28. The lowest BCUT2D eigenvalue weighted by Crippen LogP contribution is -2.46. The number of carbonyl (C=O) groups is 1. The van der Waals surface area contributed by atoms with Gasteiger partial charge in [0.05, 0.1) is 23.7 Å². The summed E-state index contributed by atoms with van der Waals surface area (Å²) in [6.07, 6.45) is 3.99. The molecule has 1 aliphatic rings. The van der Waals surface area contributed by atoms with Crippen molar-refractivity contribution in [2.24, 2.45) is 0 Å². The molecule has 3 rings (SSSR count). The molecule has 0 bridgehead atoms. The number of carbonyl (C=O) groups excluding carboxylic acids is 1. The van der Waals surface area contributed by atoms with Crippen LogP contribution in [0.3, 0.4) is 0 Å². The molecule has 0 spiro atoms. The summed E-state index contributed by atoms with van der Waals surface area (Å²) in [5.41, 5.74) is 2.68. The van der Waals surface area contributed by atoms with Crippen molar-refractivity contribution in [2.75, 3.05) is 13.7 Å². The summed E-state index contributed by atoms with van der Waals surface area (Å²) in [4.78, 5) is 14.8. The molecule has 1 aliphatic heterocycles. The van der Waals surface area contributed by atoms with Crippen LogP contribution in [0, 0.1) is 6.92 Å². The highest BCUT2D eigenvalue weighted by Gasteiger charge is 2.43. The van der Waals surface area contributed by atoms with E-state index in [1.54, 1.807) is 18.2 Å².